The summed E-state index contributed by atoms with van der Waals surface area (Å²) in [6.07, 6.45) is 6.16. The zero-order chi connectivity index (χ0) is 7.23. The van der Waals surface area contributed by atoms with E-state index in [0.717, 1.165) is 6.61 Å². The monoisotopic (exact) mass is 158 g/mol. The maximum absolute atomic E-state index is 5.45. The molecule has 0 amide bonds. The van der Waals surface area contributed by atoms with Crippen LogP contribution in [-0.4, -0.2) is 15.9 Å². The Kier molecular flexibility index (Phi) is 3.53. The first-order chi connectivity index (χ1) is 4.93. The topological polar surface area (TPSA) is 18.5 Å². The molecule has 3 heteroatoms. The van der Waals surface area contributed by atoms with Crippen LogP contribution in [0.2, 0.25) is 6.04 Å². The van der Waals surface area contributed by atoms with Gasteiger partial charge in [-0.3, -0.25) is 0 Å². The molecule has 2 nitrogen and oxygen atoms in total. The van der Waals surface area contributed by atoms with Crippen LogP contribution >= 0.6 is 0 Å². The lowest BCUT2D eigenvalue weighted by Crippen LogP contribution is -2.24. The Morgan fingerprint density at radius 2 is 2.40 bits per heavy atom. The lowest BCUT2D eigenvalue weighted by Gasteiger charge is -2.19. The fourth-order valence-electron chi connectivity index (χ4n) is 0.985. The molecule has 1 saturated heterocycles. The summed E-state index contributed by atoms with van der Waals surface area (Å²) in [5, 5.41) is 0. The molecule has 58 valence electrons. The van der Waals surface area contributed by atoms with E-state index < -0.39 is 9.28 Å². The van der Waals surface area contributed by atoms with Crippen molar-refractivity contribution >= 4 is 9.28 Å². The molecule has 0 spiro atoms. The summed E-state index contributed by atoms with van der Waals surface area (Å²) < 4.78 is 10.8. The summed E-state index contributed by atoms with van der Waals surface area (Å²) in [6, 6.07) is 1.17. The fourth-order valence-corrected chi connectivity index (χ4v) is 2.75. The van der Waals surface area contributed by atoms with E-state index in [2.05, 4.69) is 0 Å². The van der Waals surface area contributed by atoms with E-state index in [4.69, 9.17) is 8.85 Å². The number of hydrogen-bond donors (Lipinski definition) is 0. The second-order valence-electron chi connectivity index (χ2n) is 2.40. The maximum Gasteiger partial charge on any atom is 0.381 e. The van der Waals surface area contributed by atoms with Gasteiger partial charge in [-0.2, -0.15) is 0 Å². The molecule has 1 fully saturated rings. The molecule has 1 rings (SSSR count). The molecule has 1 aliphatic rings. The maximum atomic E-state index is 5.45. The first-order valence-electron chi connectivity index (χ1n) is 3.81. The molecule has 0 N–H and O–H groups in total. The standard InChI is InChI=1S/C7H14O2Si/c1-2-5-8-10-7-4-3-6-9-10/h2,5,10H,3-4,6-7H2,1H3. The zero-order valence-electron chi connectivity index (χ0n) is 6.38. The Bertz CT molecular complexity index is 108. The van der Waals surface area contributed by atoms with Gasteiger partial charge in [-0.05, 0) is 25.8 Å². The second-order valence-corrected chi connectivity index (χ2v) is 4.44. The zero-order valence-corrected chi connectivity index (χ0v) is 7.53. The number of allylic oxidation sites excluding steroid dienone is 1. The van der Waals surface area contributed by atoms with Gasteiger partial charge in [0, 0.05) is 6.61 Å². The van der Waals surface area contributed by atoms with Crippen LogP contribution in [-0.2, 0) is 8.85 Å². The van der Waals surface area contributed by atoms with Gasteiger partial charge >= 0.3 is 9.28 Å². The molecule has 0 bridgehead atoms. The van der Waals surface area contributed by atoms with Crippen LogP contribution in [0.15, 0.2) is 12.3 Å². The third-order valence-electron chi connectivity index (χ3n) is 1.50. The molecule has 0 aromatic carbocycles. The van der Waals surface area contributed by atoms with Crippen LogP contribution in [0.4, 0.5) is 0 Å². The predicted molar refractivity (Wildman–Crippen MR) is 43.0 cm³/mol. The lowest BCUT2D eigenvalue weighted by molar-refractivity contribution is 0.221. The van der Waals surface area contributed by atoms with E-state index in [1.54, 1.807) is 6.26 Å². The van der Waals surface area contributed by atoms with Crippen LogP contribution in [0.5, 0.6) is 0 Å². The quantitative estimate of drug-likeness (QED) is 0.448. The van der Waals surface area contributed by atoms with E-state index >= 15 is 0 Å². The van der Waals surface area contributed by atoms with E-state index in [1.165, 1.54) is 18.9 Å². The van der Waals surface area contributed by atoms with Crippen molar-refractivity contribution in [2.75, 3.05) is 6.61 Å². The summed E-state index contributed by atoms with van der Waals surface area (Å²) in [7, 11) is -1.23. The minimum absolute atomic E-state index is 0.911. The third-order valence-corrected chi connectivity index (χ3v) is 3.45. The van der Waals surface area contributed by atoms with Crippen molar-refractivity contribution in [3.63, 3.8) is 0 Å². The molecular weight excluding hydrogens is 144 g/mol. The Labute approximate surface area is 63.7 Å². The smallest absolute Gasteiger partial charge is 0.381 e. The van der Waals surface area contributed by atoms with Gasteiger partial charge in [0.25, 0.3) is 0 Å². The number of hydrogen-bond acceptors (Lipinski definition) is 2. The van der Waals surface area contributed by atoms with E-state index in [9.17, 15) is 0 Å². The van der Waals surface area contributed by atoms with E-state index in [1.807, 2.05) is 13.0 Å². The van der Waals surface area contributed by atoms with Crippen molar-refractivity contribution in [1.82, 2.24) is 0 Å². The molecule has 1 heterocycles. The van der Waals surface area contributed by atoms with E-state index in [-0.39, 0.29) is 0 Å². The Hall–Kier alpha value is -0.283. The fraction of sp³-hybridized carbons (Fsp3) is 0.714. The third kappa shape index (κ3) is 2.54. The van der Waals surface area contributed by atoms with Gasteiger partial charge in [0.2, 0.25) is 0 Å². The molecule has 0 aromatic heterocycles. The Balaban J connectivity index is 2.13. The summed E-state index contributed by atoms with van der Waals surface area (Å²) in [5.74, 6) is 0. The highest BCUT2D eigenvalue weighted by Gasteiger charge is 2.16. The normalized spacial score (nSPS) is 27.1. The highest BCUT2D eigenvalue weighted by Crippen LogP contribution is 2.11. The highest BCUT2D eigenvalue weighted by molar-refractivity contribution is 6.44. The first-order valence-corrected chi connectivity index (χ1v) is 5.57. The van der Waals surface area contributed by atoms with Crippen LogP contribution in [0, 0.1) is 0 Å². The second kappa shape index (κ2) is 4.52. The summed E-state index contributed by atoms with van der Waals surface area (Å²) >= 11 is 0. The van der Waals surface area contributed by atoms with Crippen molar-refractivity contribution in [3.05, 3.63) is 12.3 Å². The average molecular weight is 158 g/mol. The average Bonchev–Trinajstić information content (AvgIpc) is 2.03. The van der Waals surface area contributed by atoms with Crippen molar-refractivity contribution in [1.29, 1.82) is 0 Å². The molecule has 0 aromatic rings. The van der Waals surface area contributed by atoms with Crippen molar-refractivity contribution < 1.29 is 8.85 Å². The molecule has 0 aliphatic carbocycles. The molecule has 0 saturated carbocycles. The van der Waals surface area contributed by atoms with Crippen molar-refractivity contribution in [3.8, 4) is 0 Å². The largest absolute Gasteiger partial charge is 0.529 e. The summed E-state index contributed by atoms with van der Waals surface area (Å²) in [4.78, 5) is 0. The van der Waals surface area contributed by atoms with Crippen molar-refractivity contribution in [2.45, 2.75) is 25.8 Å². The van der Waals surface area contributed by atoms with Crippen LogP contribution in [0.25, 0.3) is 0 Å². The summed E-state index contributed by atoms with van der Waals surface area (Å²) in [6.45, 7) is 2.87. The molecular formula is C7H14O2Si. The molecule has 1 unspecified atom stereocenters. The van der Waals surface area contributed by atoms with Crippen LogP contribution in [0.1, 0.15) is 19.8 Å². The van der Waals surface area contributed by atoms with Crippen LogP contribution in [0.3, 0.4) is 0 Å². The summed E-state index contributed by atoms with van der Waals surface area (Å²) in [5.41, 5.74) is 0. The highest BCUT2D eigenvalue weighted by atomic mass is 28.3. The minimum Gasteiger partial charge on any atom is -0.529 e. The SMILES string of the molecule is CC=CO[SiH]1CCCCO1. The van der Waals surface area contributed by atoms with Crippen LogP contribution < -0.4 is 0 Å². The van der Waals surface area contributed by atoms with Gasteiger partial charge < -0.3 is 8.85 Å². The van der Waals surface area contributed by atoms with Gasteiger partial charge in [-0.15, -0.1) is 0 Å². The van der Waals surface area contributed by atoms with Crippen molar-refractivity contribution in [2.24, 2.45) is 0 Å². The van der Waals surface area contributed by atoms with Gasteiger partial charge in [-0.25, -0.2) is 0 Å². The Morgan fingerprint density at radius 1 is 1.50 bits per heavy atom. The van der Waals surface area contributed by atoms with Gasteiger partial charge in [0.15, 0.2) is 0 Å². The molecule has 10 heavy (non-hydrogen) atoms. The minimum atomic E-state index is -1.23. The first kappa shape index (κ1) is 7.82. The molecule has 1 atom stereocenters. The lowest BCUT2D eigenvalue weighted by atomic mass is 10.4. The van der Waals surface area contributed by atoms with Gasteiger partial charge in [-0.1, -0.05) is 6.08 Å². The molecule has 1 aliphatic heterocycles. The predicted octanol–water partition coefficient (Wildman–Crippen LogP) is 1.57. The van der Waals surface area contributed by atoms with Gasteiger partial charge in [0.1, 0.15) is 0 Å². The van der Waals surface area contributed by atoms with E-state index in [0.29, 0.717) is 0 Å². The Morgan fingerprint density at radius 3 is 3.00 bits per heavy atom. The number of rotatable bonds is 2. The molecule has 0 radical (unpaired) electrons. The van der Waals surface area contributed by atoms with Gasteiger partial charge in [0.05, 0.1) is 6.26 Å².